The van der Waals surface area contributed by atoms with Crippen LogP contribution in [0.15, 0.2) is 83.8 Å². The van der Waals surface area contributed by atoms with E-state index in [-0.39, 0.29) is 23.0 Å². The predicted octanol–water partition coefficient (Wildman–Crippen LogP) is 5.40. The smallest absolute Gasteiger partial charge is 0.264 e. The van der Waals surface area contributed by atoms with E-state index in [4.69, 9.17) is 11.6 Å². The van der Waals surface area contributed by atoms with Gasteiger partial charge >= 0.3 is 0 Å². The molecule has 0 aliphatic rings. The molecule has 39 heavy (non-hydrogen) atoms. The molecule has 0 aliphatic heterocycles. The summed E-state index contributed by atoms with van der Waals surface area (Å²) < 4.78 is 42.0. The third kappa shape index (κ3) is 8.03. The van der Waals surface area contributed by atoms with Crippen LogP contribution in [0.5, 0.6) is 0 Å². The van der Waals surface area contributed by atoms with Gasteiger partial charge in [0.25, 0.3) is 10.0 Å². The number of carbonyl (C=O) groups excluding carboxylic acids is 2. The van der Waals surface area contributed by atoms with Crippen LogP contribution in [0.3, 0.4) is 0 Å². The minimum absolute atomic E-state index is 0.0242. The Hall–Kier alpha value is -3.43. The highest BCUT2D eigenvalue weighted by atomic mass is 35.5. The zero-order valence-corrected chi connectivity index (χ0v) is 24.0. The summed E-state index contributed by atoms with van der Waals surface area (Å²) in [4.78, 5) is 28.6. The van der Waals surface area contributed by atoms with Crippen molar-refractivity contribution in [2.24, 2.45) is 0 Å². The fraction of sp³-hybridized carbons (Fsp3) is 0.310. The van der Waals surface area contributed by atoms with Crippen molar-refractivity contribution in [1.29, 1.82) is 0 Å². The van der Waals surface area contributed by atoms with Crippen molar-refractivity contribution in [2.45, 2.75) is 57.1 Å². The highest BCUT2D eigenvalue weighted by Gasteiger charge is 2.34. The molecule has 0 heterocycles. The number of hydrogen-bond acceptors (Lipinski definition) is 4. The molecule has 2 amide bonds. The van der Waals surface area contributed by atoms with Gasteiger partial charge in [-0.05, 0) is 81.3 Å². The van der Waals surface area contributed by atoms with E-state index in [1.54, 1.807) is 49.4 Å². The zero-order chi connectivity index (χ0) is 28.8. The SMILES string of the molecule is CC[C@@H](C(=O)NC(C)(C)C)N(Cc1ccc(Cl)cc1)C(=O)CN(c1ccc(F)cc1)S(=O)(=O)c1ccccc1. The molecule has 0 aliphatic carbocycles. The minimum atomic E-state index is -4.21. The van der Waals surface area contributed by atoms with E-state index in [0.717, 1.165) is 16.4 Å². The molecule has 7 nitrogen and oxygen atoms in total. The van der Waals surface area contributed by atoms with Gasteiger partial charge in [0.1, 0.15) is 18.4 Å². The molecule has 0 saturated heterocycles. The Labute approximate surface area is 234 Å². The average Bonchev–Trinajstić information content (AvgIpc) is 2.88. The summed E-state index contributed by atoms with van der Waals surface area (Å²) >= 11 is 6.04. The highest BCUT2D eigenvalue weighted by molar-refractivity contribution is 7.92. The molecule has 208 valence electrons. The van der Waals surface area contributed by atoms with Gasteiger partial charge in [-0.25, -0.2) is 12.8 Å². The second-order valence-corrected chi connectivity index (χ2v) is 12.4. The summed E-state index contributed by atoms with van der Waals surface area (Å²) in [5.41, 5.74) is 0.289. The number of nitrogens with zero attached hydrogens (tertiary/aromatic N) is 2. The molecule has 0 spiro atoms. The Morgan fingerprint density at radius 3 is 2.08 bits per heavy atom. The Morgan fingerprint density at radius 1 is 0.949 bits per heavy atom. The van der Waals surface area contributed by atoms with Crippen LogP contribution in [0.4, 0.5) is 10.1 Å². The third-order valence-corrected chi connectivity index (χ3v) is 7.92. The first kappa shape index (κ1) is 30.1. The fourth-order valence-corrected chi connectivity index (χ4v) is 5.58. The predicted molar refractivity (Wildman–Crippen MR) is 151 cm³/mol. The summed E-state index contributed by atoms with van der Waals surface area (Å²) in [6.45, 7) is 6.75. The summed E-state index contributed by atoms with van der Waals surface area (Å²) in [7, 11) is -4.21. The Balaban J connectivity index is 2.05. The maximum absolute atomic E-state index is 14.0. The van der Waals surface area contributed by atoms with Gasteiger partial charge in [-0.15, -0.1) is 0 Å². The first-order valence-corrected chi connectivity index (χ1v) is 14.3. The number of carbonyl (C=O) groups is 2. The van der Waals surface area contributed by atoms with Gasteiger partial charge in [-0.3, -0.25) is 13.9 Å². The largest absolute Gasteiger partial charge is 0.350 e. The molecule has 3 rings (SSSR count). The quantitative estimate of drug-likeness (QED) is 0.352. The lowest BCUT2D eigenvalue weighted by Gasteiger charge is -2.34. The van der Waals surface area contributed by atoms with Crippen molar-refractivity contribution < 1.29 is 22.4 Å². The van der Waals surface area contributed by atoms with Crippen molar-refractivity contribution in [2.75, 3.05) is 10.8 Å². The van der Waals surface area contributed by atoms with Crippen molar-refractivity contribution in [1.82, 2.24) is 10.2 Å². The zero-order valence-electron chi connectivity index (χ0n) is 22.4. The molecule has 1 atom stereocenters. The van der Waals surface area contributed by atoms with Crippen molar-refractivity contribution in [3.8, 4) is 0 Å². The van der Waals surface area contributed by atoms with Crippen LogP contribution >= 0.6 is 11.6 Å². The van der Waals surface area contributed by atoms with Crippen LogP contribution in [-0.2, 0) is 26.2 Å². The molecule has 1 N–H and O–H groups in total. The van der Waals surface area contributed by atoms with E-state index in [1.807, 2.05) is 20.8 Å². The standard InChI is InChI=1S/C29H33ClFN3O4S/c1-5-26(28(36)32-29(2,3)4)33(19-21-11-13-22(30)14-12-21)27(35)20-34(24-17-15-23(31)16-18-24)39(37,38)25-9-7-6-8-10-25/h6-18,26H,5,19-20H2,1-4H3,(H,32,36)/t26-/m0/s1. The van der Waals surface area contributed by atoms with E-state index < -0.39 is 39.9 Å². The summed E-state index contributed by atoms with van der Waals surface area (Å²) in [6, 6.07) is 18.5. The average molecular weight is 574 g/mol. The summed E-state index contributed by atoms with van der Waals surface area (Å²) in [5, 5.41) is 3.44. The van der Waals surface area contributed by atoms with Crippen LogP contribution in [-0.4, -0.2) is 43.3 Å². The molecule has 0 radical (unpaired) electrons. The molecule has 0 aromatic heterocycles. The van der Waals surface area contributed by atoms with Gasteiger partial charge in [0, 0.05) is 17.1 Å². The second-order valence-electron chi connectivity index (χ2n) is 10.1. The van der Waals surface area contributed by atoms with Crippen LogP contribution in [0, 0.1) is 5.82 Å². The molecule has 0 fully saturated rings. The second kappa shape index (κ2) is 12.6. The number of sulfonamides is 1. The third-order valence-electron chi connectivity index (χ3n) is 5.87. The molecule has 0 unspecified atom stereocenters. The maximum Gasteiger partial charge on any atom is 0.264 e. The highest BCUT2D eigenvalue weighted by Crippen LogP contribution is 2.25. The van der Waals surface area contributed by atoms with Gasteiger partial charge in [0.15, 0.2) is 0 Å². The van der Waals surface area contributed by atoms with Gasteiger partial charge in [0.05, 0.1) is 10.6 Å². The number of anilines is 1. The molecule has 3 aromatic carbocycles. The number of halogens is 2. The molecular formula is C29H33ClFN3O4S. The first-order chi connectivity index (χ1) is 18.3. The summed E-state index contributed by atoms with van der Waals surface area (Å²) in [5.74, 6) is -1.49. The van der Waals surface area contributed by atoms with Gasteiger partial charge < -0.3 is 10.2 Å². The van der Waals surface area contributed by atoms with Gasteiger partial charge in [-0.1, -0.05) is 48.9 Å². The van der Waals surface area contributed by atoms with Crippen LogP contribution in [0.25, 0.3) is 0 Å². The lowest BCUT2D eigenvalue weighted by Crippen LogP contribution is -2.55. The van der Waals surface area contributed by atoms with Crippen LogP contribution in [0.1, 0.15) is 39.7 Å². The van der Waals surface area contributed by atoms with Crippen molar-refractivity contribution in [3.63, 3.8) is 0 Å². The number of amides is 2. The van der Waals surface area contributed by atoms with E-state index in [9.17, 15) is 22.4 Å². The van der Waals surface area contributed by atoms with E-state index in [0.29, 0.717) is 17.0 Å². The Kier molecular flexibility index (Phi) is 9.74. The number of rotatable bonds is 10. The lowest BCUT2D eigenvalue weighted by atomic mass is 10.1. The minimum Gasteiger partial charge on any atom is -0.350 e. The van der Waals surface area contributed by atoms with Gasteiger partial charge in [0.2, 0.25) is 11.8 Å². The fourth-order valence-electron chi connectivity index (χ4n) is 4.01. The molecule has 0 saturated carbocycles. The van der Waals surface area contributed by atoms with E-state index >= 15 is 0 Å². The van der Waals surface area contributed by atoms with Gasteiger partial charge in [-0.2, -0.15) is 0 Å². The van der Waals surface area contributed by atoms with Crippen LogP contribution in [0.2, 0.25) is 5.02 Å². The molecule has 0 bridgehead atoms. The Morgan fingerprint density at radius 2 is 1.54 bits per heavy atom. The topological polar surface area (TPSA) is 86.8 Å². The number of benzene rings is 3. The lowest BCUT2D eigenvalue weighted by molar-refractivity contribution is -0.141. The molecule has 3 aromatic rings. The van der Waals surface area contributed by atoms with Crippen LogP contribution < -0.4 is 9.62 Å². The van der Waals surface area contributed by atoms with E-state index in [2.05, 4.69) is 5.32 Å². The Bertz CT molecular complexity index is 1380. The van der Waals surface area contributed by atoms with Crippen molar-refractivity contribution >= 4 is 39.1 Å². The first-order valence-electron chi connectivity index (χ1n) is 12.5. The maximum atomic E-state index is 14.0. The summed E-state index contributed by atoms with van der Waals surface area (Å²) in [6.07, 6.45) is 0.295. The number of hydrogen-bond donors (Lipinski definition) is 1. The molecular weight excluding hydrogens is 541 g/mol. The van der Waals surface area contributed by atoms with Crippen molar-refractivity contribution in [3.05, 3.63) is 95.3 Å². The monoisotopic (exact) mass is 573 g/mol. The number of nitrogens with one attached hydrogen (secondary N) is 1. The molecule has 10 heteroatoms. The normalized spacial score (nSPS) is 12.5. The van der Waals surface area contributed by atoms with E-state index in [1.165, 1.54) is 29.2 Å².